The van der Waals surface area contributed by atoms with Gasteiger partial charge in [0, 0.05) is 42.2 Å². The summed E-state index contributed by atoms with van der Waals surface area (Å²) in [5, 5.41) is 9.15. The number of nitriles is 1. The van der Waals surface area contributed by atoms with Crippen molar-refractivity contribution in [1.82, 2.24) is 4.90 Å². The molecule has 1 amide bonds. The number of aryl methyl sites for hydroxylation is 1. The van der Waals surface area contributed by atoms with Gasteiger partial charge in [0.25, 0.3) is 5.91 Å². The molecule has 0 unspecified atom stereocenters. The molecule has 2 aromatic carbocycles. The topological polar surface area (TPSA) is 47.3 Å². The first-order valence-corrected chi connectivity index (χ1v) is 12.3. The van der Waals surface area contributed by atoms with Gasteiger partial charge in [-0.15, -0.1) is 0 Å². The number of rotatable bonds is 6. The first kappa shape index (κ1) is 23.8. The van der Waals surface area contributed by atoms with E-state index in [1.54, 1.807) is 6.07 Å². The fourth-order valence-electron chi connectivity index (χ4n) is 4.87. The second kappa shape index (κ2) is 10.7. The zero-order valence-electron chi connectivity index (χ0n) is 20.1. The van der Waals surface area contributed by atoms with Crippen molar-refractivity contribution in [2.24, 2.45) is 5.92 Å². The maximum Gasteiger partial charge on any atom is 0.253 e. The van der Waals surface area contributed by atoms with E-state index >= 15 is 0 Å². The van der Waals surface area contributed by atoms with Crippen molar-refractivity contribution < 1.29 is 9.18 Å². The van der Waals surface area contributed by atoms with Gasteiger partial charge in [0.1, 0.15) is 11.9 Å². The van der Waals surface area contributed by atoms with E-state index in [0.29, 0.717) is 23.6 Å². The molecule has 0 N–H and O–H groups in total. The van der Waals surface area contributed by atoms with Gasteiger partial charge in [0.2, 0.25) is 0 Å². The Labute approximate surface area is 202 Å². The second-order valence-electron chi connectivity index (χ2n) is 9.19. The highest BCUT2D eigenvalue weighted by molar-refractivity contribution is 6.00. The smallest absolute Gasteiger partial charge is 0.253 e. The second-order valence-corrected chi connectivity index (χ2v) is 9.19. The summed E-state index contributed by atoms with van der Waals surface area (Å²) in [4.78, 5) is 17.5. The molecule has 4 rings (SSSR count). The number of hydrogen-bond acceptors (Lipinski definition) is 3. The zero-order valence-corrected chi connectivity index (χ0v) is 20.1. The number of piperidine rings is 1. The van der Waals surface area contributed by atoms with E-state index in [1.807, 2.05) is 23.1 Å². The van der Waals surface area contributed by atoms with Gasteiger partial charge < -0.3 is 9.80 Å². The summed E-state index contributed by atoms with van der Waals surface area (Å²) in [6.45, 7) is 6.44. The Balaban J connectivity index is 1.68. The van der Waals surface area contributed by atoms with Gasteiger partial charge in [-0.3, -0.25) is 4.79 Å². The molecule has 4 nitrogen and oxygen atoms in total. The lowest BCUT2D eigenvalue weighted by molar-refractivity contribution is -0.128. The van der Waals surface area contributed by atoms with E-state index in [-0.39, 0.29) is 11.5 Å². The highest BCUT2D eigenvalue weighted by Gasteiger charge is 2.27. The fourth-order valence-corrected chi connectivity index (χ4v) is 4.87. The van der Waals surface area contributed by atoms with Crippen molar-refractivity contribution >= 4 is 17.3 Å². The maximum atomic E-state index is 14.5. The highest BCUT2D eigenvalue weighted by Crippen LogP contribution is 2.32. The lowest BCUT2D eigenvalue weighted by Gasteiger charge is -2.35. The van der Waals surface area contributed by atoms with Crippen LogP contribution in [0.3, 0.4) is 0 Å². The van der Waals surface area contributed by atoms with Crippen LogP contribution in [0, 0.1) is 23.1 Å². The lowest BCUT2D eigenvalue weighted by Crippen LogP contribution is -2.41. The van der Waals surface area contributed by atoms with Crippen molar-refractivity contribution in [3.63, 3.8) is 0 Å². The van der Waals surface area contributed by atoms with Crippen LogP contribution in [-0.2, 0) is 11.2 Å². The summed E-state index contributed by atoms with van der Waals surface area (Å²) >= 11 is 0. The Morgan fingerprint density at radius 3 is 2.65 bits per heavy atom. The summed E-state index contributed by atoms with van der Waals surface area (Å²) in [6.07, 6.45) is 9.25. The summed E-state index contributed by atoms with van der Waals surface area (Å²) in [6, 6.07) is 14.9. The summed E-state index contributed by atoms with van der Waals surface area (Å²) in [7, 11) is 0. The van der Waals surface area contributed by atoms with Crippen molar-refractivity contribution in [2.45, 2.75) is 46.0 Å². The van der Waals surface area contributed by atoms with E-state index in [1.165, 1.54) is 24.1 Å². The third kappa shape index (κ3) is 5.07. The molecule has 0 aliphatic carbocycles. The predicted octanol–water partition coefficient (Wildman–Crippen LogP) is 6.09. The van der Waals surface area contributed by atoms with E-state index in [9.17, 15) is 9.18 Å². The summed E-state index contributed by atoms with van der Waals surface area (Å²) < 4.78 is 14.5. The molecule has 2 aliphatic rings. The minimum absolute atomic E-state index is 0.0152. The monoisotopic (exact) mass is 457 g/mol. The maximum absolute atomic E-state index is 14.5. The van der Waals surface area contributed by atoms with Crippen LogP contribution >= 0.6 is 0 Å². The van der Waals surface area contributed by atoms with Crippen LogP contribution in [0.15, 0.2) is 60.2 Å². The van der Waals surface area contributed by atoms with Crippen molar-refractivity contribution in [3.8, 4) is 6.07 Å². The Morgan fingerprint density at radius 1 is 1.18 bits per heavy atom. The number of halogens is 1. The van der Waals surface area contributed by atoms with Gasteiger partial charge in [-0.05, 0) is 61.1 Å². The van der Waals surface area contributed by atoms with Crippen LogP contribution in [0.5, 0.6) is 0 Å². The van der Waals surface area contributed by atoms with E-state index in [0.717, 1.165) is 50.2 Å². The van der Waals surface area contributed by atoms with Gasteiger partial charge in [-0.2, -0.15) is 5.26 Å². The highest BCUT2D eigenvalue weighted by atomic mass is 19.1. The van der Waals surface area contributed by atoms with Gasteiger partial charge in [-0.25, -0.2) is 4.39 Å². The molecular weight excluding hydrogens is 425 g/mol. The number of carbonyl (C=O) groups excluding carboxylic acids is 1. The molecule has 2 aliphatic heterocycles. The SMILES string of the molecule is CCCc1ccc(N2CC=C(C(=O)N3CCC[C@@H](CC)C3)C=C2c2ccc(C#N)c(F)c2)cc1. The van der Waals surface area contributed by atoms with Gasteiger partial charge >= 0.3 is 0 Å². The number of nitrogens with zero attached hydrogens (tertiary/aromatic N) is 3. The number of carbonyl (C=O) groups is 1. The van der Waals surface area contributed by atoms with Gasteiger partial charge in [0.05, 0.1) is 5.56 Å². The molecule has 34 heavy (non-hydrogen) atoms. The number of anilines is 1. The minimum atomic E-state index is -0.552. The fraction of sp³-hybridized carbons (Fsp3) is 0.379. The molecule has 1 fully saturated rings. The van der Waals surface area contributed by atoms with Crippen LogP contribution in [0.4, 0.5) is 10.1 Å². The molecule has 0 bridgehead atoms. The molecule has 2 heterocycles. The largest absolute Gasteiger partial charge is 0.338 e. The molecule has 0 spiro atoms. The van der Waals surface area contributed by atoms with E-state index in [2.05, 4.69) is 43.0 Å². The van der Waals surface area contributed by atoms with Crippen molar-refractivity contribution in [3.05, 3.63) is 82.7 Å². The van der Waals surface area contributed by atoms with Crippen LogP contribution in [-0.4, -0.2) is 30.4 Å². The molecule has 1 atom stereocenters. The normalized spacial score (nSPS) is 18.2. The Hall–Kier alpha value is -3.39. The lowest BCUT2D eigenvalue weighted by atomic mass is 9.94. The van der Waals surface area contributed by atoms with Crippen molar-refractivity contribution in [2.75, 3.05) is 24.5 Å². The molecule has 0 aromatic heterocycles. The van der Waals surface area contributed by atoms with Crippen LogP contribution in [0.2, 0.25) is 0 Å². The first-order chi connectivity index (χ1) is 16.5. The molecule has 1 saturated heterocycles. The quantitative estimate of drug-likeness (QED) is 0.528. The van der Waals surface area contributed by atoms with Gasteiger partial charge in [-0.1, -0.05) is 51.0 Å². The molecular formula is C29H32FN3O. The first-order valence-electron chi connectivity index (χ1n) is 12.3. The Morgan fingerprint density at radius 2 is 1.97 bits per heavy atom. The van der Waals surface area contributed by atoms with Crippen LogP contribution in [0.25, 0.3) is 5.70 Å². The number of hydrogen-bond donors (Lipinski definition) is 0. The molecule has 0 radical (unpaired) electrons. The predicted molar refractivity (Wildman–Crippen MR) is 135 cm³/mol. The summed E-state index contributed by atoms with van der Waals surface area (Å²) in [5.41, 5.74) is 4.35. The van der Waals surface area contributed by atoms with E-state index in [4.69, 9.17) is 5.26 Å². The number of amides is 1. The third-order valence-corrected chi connectivity index (χ3v) is 6.88. The number of likely N-dealkylation sites (tertiary alicyclic amines) is 1. The van der Waals surface area contributed by atoms with Crippen molar-refractivity contribution in [1.29, 1.82) is 5.26 Å². The van der Waals surface area contributed by atoms with Crippen LogP contribution in [0.1, 0.15) is 56.2 Å². The van der Waals surface area contributed by atoms with Gasteiger partial charge in [0.15, 0.2) is 0 Å². The van der Waals surface area contributed by atoms with Crippen LogP contribution < -0.4 is 4.90 Å². The average Bonchev–Trinajstić information content (AvgIpc) is 2.88. The average molecular weight is 458 g/mol. The Bertz CT molecular complexity index is 1140. The zero-order chi connectivity index (χ0) is 24.1. The summed E-state index contributed by atoms with van der Waals surface area (Å²) in [5.74, 6) is 0.0437. The number of benzene rings is 2. The molecule has 2 aromatic rings. The van der Waals surface area contributed by atoms with E-state index < -0.39 is 5.82 Å². The molecule has 5 heteroatoms. The Kier molecular flexibility index (Phi) is 7.47. The molecule has 0 saturated carbocycles. The minimum Gasteiger partial charge on any atom is -0.338 e. The third-order valence-electron chi connectivity index (χ3n) is 6.88. The standard InChI is InChI=1S/C29H32FN3O/c1-3-6-22-8-12-26(13-9-22)33-16-14-24(29(34)32-15-5-7-21(4-2)20-32)18-28(33)23-10-11-25(19-31)27(30)17-23/h8-14,17-18,21H,3-7,15-16,20H2,1-2H3/t21-/m1/s1. The molecule has 176 valence electrons.